The summed E-state index contributed by atoms with van der Waals surface area (Å²) in [4.78, 5) is 37.1. The highest BCUT2D eigenvalue weighted by Crippen LogP contribution is 2.23. The molecule has 49 heavy (non-hydrogen) atoms. The van der Waals surface area contributed by atoms with Crippen LogP contribution >= 0.6 is 11.6 Å². The quantitative estimate of drug-likeness (QED) is 0.118. The summed E-state index contributed by atoms with van der Waals surface area (Å²) in [5.74, 6) is 1.57. The number of hydrogen-bond donors (Lipinski definition) is 4. The van der Waals surface area contributed by atoms with E-state index in [-0.39, 0.29) is 47.9 Å². The Morgan fingerprint density at radius 1 is 0.898 bits per heavy atom. The molecule has 0 radical (unpaired) electrons. The van der Waals surface area contributed by atoms with Gasteiger partial charge in [0.1, 0.15) is 28.8 Å². The van der Waals surface area contributed by atoms with Crippen molar-refractivity contribution in [2.75, 3.05) is 42.8 Å². The highest BCUT2D eigenvalue weighted by Gasteiger charge is 2.29. The zero-order valence-corrected chi connectivity index (χ0v) is 29.1. The fraction of sp³-hybridized carbons (Fsp3) is 0.485. The van der Waals surface area contributed by atoms with Crippen molar-refractivity contribution in [3.05, 3.63) is 59.8 Å². The Morgan fingerprint density at radius 2 is 1.57 bits per heavy atom. The first-order valence-electron chi connectivity index (χ1n) is 15.5. The van der Waals surface area contributed by atoms with E-state index in [1.165, 1.54) is 24.4 Å². The van der Waals surface area contributed by atoms with E-state index in [2.05, 4.69) is 36.2 Å². The summed E-state index contributed by atoms with van der Waals surface area (Å²) in [6, 6.07) is 11.3. The SMILES string of the molecule is CC(CCl)COc1ccc(CNc2cc(Nc3ccc(C(=O)NCC(C)(C)CNC(=O)OC(C)(C)C)cn3)nc(OCC(F)(F)F)n2)cc1. The second-order valence-electron chi connectivity index (χ2n) is 13.2. The van der Waals surface area contributed by atoms with Crippen molar-refractivity contribution >= 4 is 41.1 Å². The summed E-state index contributed by atoms with van der Waals surface area (Å²) in [6.45, 7) is 10.8. The summed E-state index contributed by atoms with van der Waals surface area (Å²) in [7, 11) is 0. The molecule has 3 aromatic rings. The molecule has 0 aliphatic carbocycles. The lowest BCUT2D eigenvalue weighted by atomic mass is 9.93. The lowest BCUT2D eigenvalue weighted by Gasteiger charge is -2.26. The van der Waals surface area contributed by atoms with Gasteiger partial charge < -0.3 is 35.5 Å². The molecule has 0 bridgehead atoms. The van der Waals surface area contributed by atoms with E-state index in [0.29, 0.717) is 24.8 Å². The number of halogens is 4. The minimum Gasteiger partial charge on any atom is -0.493 e. The molecule has 1 unspecified atom stereocenters. The second kappa shape index (κ2) is 17.2. The van der Waals surface area contributed by atoms with Crippen LogP contribution in [0.2, 0.25) is 0 Å². The highest BCUT2D eigenvalue weighted by atomic mass is 35.5. The number of pyridine rings is 1. The Morgan fingerprint density at radius 3 is 2.18 bits per heavy atom. The van der Waals surface area contributed by atoms with E-state index in [4.69, 9.17) is 25.8 Å². The third-order valence-corrected chi connectivity index (χ3v) is 6.91. The number of rotatable bonds is 16. The normalized spacial score (nSPS) is 12.4. The Labute approximate surface area is 288 Å². The molecule has 3 rings (SSSR count). The van der Waals surface area contributed by atoms with Crippen LogP contribution in [-0.4, -0.2) is 70.9 Å². The number of carbonyl (C=O) groups is 2. The van der Waals surface area contributed by atoms with Crippen molar-refractivity contribution in [2.45, 2.75) is 59.9 Å². The Hall–Kier alpha value is -4.53. The number of nitrogens with zero attached hydrogens (tertiary/aromatic N) is 3. The van der Waals surface area contributed by atoms with E-state index in [0.717, 1.165) is 5.56 Å². The van der Waals surface area contributed by atoms with Crippen LogP contribution in [0.5, 0.6) is 11.8 Å². The first kappa shape index (κ1) is 38.9. The van der Waals surface area contributed by atoms with Gasteiger partial charge in [-0.2, -0.15) is 23.1 Å². The molecular weight excluding hydrogens is 667 g/mol. The van der Waals surface area contributed by atoms with Crippen LogP contribution < -0.4 is 30.7 Å². The number of nitrogens with one attached hydrogen (secondary N) is 4. The third kappa shape index (κ3) is 15.1. The van der Waals surface area contributed by atoms with Gasteiger partial charge in [-0.1, -0.05) is 32.9 Å². The molecule has 268 valence electrons. The maximum Gasteiger partial charge on any atom is 0.422 e. The number of anilines is 3. The average Bonchev–Trinajstić information content (AvgIpc) is 3.03. The van der Waals surface area contributed by atoms with Crippen LogP contribution in [0.15, 0.2) is 48.7 Å². The highest BCUT2D eigenvalue weighted by molar-refractivity contribution is 6.18. The van der Waals surface area contributed by atoms with Gasteiger partial charge in [0, 0.05) is 43.7 Å². The molecule has 0 saturated heterocycles. The zero-order valence-electron chi connectivity index (χ0n) is 28.3. The van der Waals surface area contributed by atoms with Crippen molar-refractivity contribution in [2.24, 2.45) is 11.3 Å². The molecule has 0 aliphatic heterocycles. The first-order valence-corrected chi connectivity index (χ1v) is 16.0. The summed E-state index contributed by atoms with van der Waals surface area (Å²) in [6.07, 6.45) is -3.79. The van der Waals surface area contributed by atoms with Crippen LogP contribution in [0.3, 0.4) is 0 Å². The van der Waals surface area contributed by atoms with Crippen molar-refractivity contribution in [3.63, 3.8) is 0 Å². The maximum atomic E-state index is 12.9. The van der Waals surface area contributed by atoms with E-state index in [1.54, 1.807) is 20.8 Å². The third-order valence-electron chi connectivity index (χ3n) is 6.38. The number of benzene rings is 1. The minimum atomic E-state index is -4.59. The number of ether oxygens (including phenoxy) is 3. The molecule has 0 aliphatic rings. The Bertz CT molecular complexity index is 1520. The number of amides is 2. The van der Waals surface area contributed by atoms with Gasteiger partial charge in [-0.15, -0.1) is 11.6 Å². The predicted molar refractivity (Wildman–Crippen MR) is 181 cm³/mol. The topological polar surface area (TPSA) is 149 Å². The molecule has 12 nitrogen and oxygen atoms in total. The summed E-state index contributed by atoms with van der Waals surface area (Å²) in [5.41, 5.74) is 0.0276. The van der Waals surface area contributed by atoms with Gasteiger partial charge in [0.05, 0.1) is 12.2 Å². The van der Waals surface area contributed by atoms with Gasteiger partial charge in [-0.3, -0.25) is 4.79 Å². The fourth-order valence-corrected chi connectivity index (χ4v) is 3.90. The fourth-order valence-electron chi connectivity index (χ4n) is 3.81. The van der Waals surface area contributed by atoms with E-state index >= 15 is 0 Å². The van der Waals surface area contributed by atoms with Gasteiger partial charge in [0.25, 0.3) is 5.91 Å². The Balaban J connectivity index is 1.62. The molecule has 1 atom stereocenters. The lowest BCUT2D eigenvalue weighted by molar-refractivity contribution is -0.154. The summed E-state index contributed by atoms with van der Waals surface area (Å²) in [5, 5.41) is 11.5. The summed E-state index contributed by atoms with van der Waals surface area (Å²) < 4.78 is 54.4. The molecular formula is C33H43ClF3N7O5. The smallest absolute Gasteiger partial charge is 0.422 e. The minimum absolute atomic E-state index is 0.107. The van der Waals surface area contributed by atoms with Gasteiger partial charge in [-0.25, -0.2) is 9.78 Å². The van der Waals surface area contributed by atoms with E-state index in [9.17, 15) is 22.8 Å². The van der Waals surface area contributed by atoms with E-state index < -0.39 is 35.9 Å². The molecule has 2 amide bonds. The standard InChI is InChI=1S/C33H43ClF3N7O5/c1-21(14-34)17-47-24-10-7-22(8-11-24)15-38-26-13-27(44-29(43-26)48-20-33(35,36)37)42-25-12-9-23(16-39-25)28(45)40-18-32(5,6)19-41-30(46)49-31(2,3)4/h7-13,16,21H,14-15,17-20H2,1-6H3,(H,40,45)(H,41,46)(H2,38,39,42,43,44). The second-order valence-corrected chi connectivity index (χ2v) is 13.5. The average molecular weight is 710 g/mol. The number of aromatic nitrogens is 3. The van der Waals surface area contributed by atoms with Gasteiger partial charge in [-0.05, 0) is 56.0 Å². The number of alkyl halides is 4. The van der Waals surface area contributed by atoms with Crippen LogP contribution in [0.1, 0.15) is 57.5 Å². The largest absolute Gasteiger partial charge is 0.493 e. The molecule has 1 aromatic carbocycles. The molecule has 2 aromatic heterocycles. The number of carbonyl (C=O) groups excluding carboxylic acids is 2. The number of hydrogen-bond acceptors (Lipinski definition) is 10. The lowest BCUT2D eigenvalue weighted by Crippen LogP contribution is -2.43. The molecule has 0 fully saturated rings. The van der Waals surface area contributed by atoms with Gasteiger partial charge >= 0.3 is 18.3 Å². The van der Waals surface area contributed by atoms with Crippen molar-refractivity contribution < 1.29 is 37.0 Å². The van der Waals surface area contributed by atoms with Crippen molar-refractivity contribution in [3.8, 4) is 11.8 Å². The van der Waals surface area contributed by atoms with Crippen LogP contribution in [-0.2, 0) is 11.3 Å². The summed E-state index contributed by atoms with van der Waals surface area (Å²) >= 11 is 5.82. The van der Waals surface area contributed by atoms with Crippen molar-refractivity contribution in [1.29, 1.82) is 0 Å². The van der Waals surface area contributed by atoms with Gasteiger partial charge in [0.2, 0.25) is 0 Å². The molecule has 0 saturated carbocycles. The molecule has 0 spiro atoms. The zero-order chi connectivity index (χ0) is 36.2. The van der Waals surface area contributed by atoms with Crippen molar-refractivity contribution in [1.82, 2.24) is 25.6 Å². The first-order chi connectivity index (χ1) is 22.9. The predicted octanol–water partition coefficient (Wildman–Crippen LogP) is 6.70. The maximum absolute atomic E-state index is 12.9. The van der Waals surface area contributed by atoms with Crippen LogP contribution in [0.25, 0.3) is 0 Å². The monoisotopic (exact) mass is 709 g/mol. The molecule has 4 N–H and O–H groups in total. The van der Waals surface area contributed by atoms with E-state index in [1.807, 2.05) is 45.0 Å². The van der Waals surface area contributed by atoms with Crippen LogP contribution in [0.4, 0.5) is 35.4 Å². The molecule has 2 heterocycles. The Kier molecular flexibility index (Phi) is 13.7. The van der Waals surface area contributed by atoms with Crippen LogP contribution in [0, 0.1) is 11.3 Å². The van der Waals surface area contributed by atoms with Gasteiger partial charge in [0.15, 0.2) is 6.61 Å². The number of alkyl carbamates (subject to hydrolysis) is 1. The molecule has 16 heteroatoms.